The summed E-state index contributed by atoms with van der Waals surface area (Å²) in [5.74, 6) is -2.45. The first-order chi connectivity index (χ1) is 11.4. The Bertz CT molecular complexity index is 644. The second-order valence-corrected chi connectivity index (χ2v) is 5.83. The van der Waals surface area contributed by atoms with Gasteiger partial charge in [0, 0.05) is 18.3 Å². The summed E-state index contributed by atoms with van der Waals surface area (Å²) < 4.78 is 13.2. The molecule has 1 saturated heterocycles. The van der Waals surface area contributed by atoms with Crippen LogP contribution in [0.25, 0.3) is 0 Å². The van der Waals surface area contributed by atoms with Gasteiger partial charge in [0.05, 0.1) is 4.92 Å². The van der Waals surface area contributed by atoms with E-state index in [1.54, 1.807) is 0 Å². The summed E-state index contributed by atoms with van der Waals surface area (Å²) in [6, 6.07) is 2.89. The van der Waals surface area contributed by atoms with Gasteiger partial charge in [-0.2, -0.15) is 4.39 Å². The Hall–Kier alpha value is -2.55. The Labute approximate surface area is 138 Å². The Kier molecular flexibility index (Phi) is 5.80. The van der Waals surface area contributed by atoms with E-state index in [0.717, 1.165) is 44.1 Å². The SMILES string of the molecule is CN1CCC(CNC(=O)C(=O)Nc2ccc(F)c([N+](=O)[O-])c2)CC1. The van der Waals surface area contributed by atoms with Crippen molar-refractivity contribution >= 4 is 23.2 Å². The van der Waals surface area contributed by atoms with E-state index in [2.05, 4.69) is 15.5 Å². The van der Waals surface area contributed by atoms with Crippen LogP contribution in [0.4, 0.5) is 15.8 Å². The molecule has 130 valence electrons. The average molecular weight is 338 g/mol. The molecular weight excluding hydrogens is 319 g/mol. The quantitative estimate of drug-likeness (QED) is 0.486. The smallest absolute Gasteiger partial charge is 0.313 e. The van der Waals surface area contributed by atoms with Crippen LogP contribution in [0.1, 0.15) is 12.8 Å². The maximum Gasteiger partial charge on any atom is 0.313 e. The summed E-state index contributed by atoms with van der Waals surface area (Å²) >= 11 is 0. The van der Waals surface area contributed by atoms with E-state index in [0.29, 0.717) is 12.5 Å². The van der Waals surface area contributed by atoms with E-state index in [9.17, 15) is 24.1 Å². The number of anilines is 1. The number of nitrogens with one attached hydrogen (secondary N) is 2. The number of likely N-dealkylation sites (tertiary alicyclic amines) is 1. The van der Waals surface area contributed by atoms with Crippen LogP contribution >= 0.6 is 0 Å². The number of halogens is 1. The molecule has 0 bridgehead atoms. The fraction of sp³-hybridized carbons (Fsp3) is 0.467. The molecule has 2 rings (SSSR count). The third kappa shape index (κ3) is 4.72. The van der Waals surface area contributed by atoms with Crippen molar-refractivity contribution in [3.63, 3.8) is 0 Å². The molecule has 1 aromatic rings. The molecule has 1 aromatic carbocycles. The van der Waals surface area contributed by atoms with Gasteiger partial charge in [-0.25, -0.2) is 0 Å². The summed E-state index contributed by atoms with van der Waals surface area (Å²) in [7, 11) is 2.03. The van der Waals surface area contributed by atoms with E-state index in [-0.39, 0.29) is 5.69 Å². The maximum atomic E-state index is 13.2. The summed E-state index contributed by atoms with van der Waals surface area (Å²) in [6.45, 7) is 2.31. The average Bonchev–Trinajstić information content (AvgIpc) is 2.55. The highest BCUT2D eigenvalue weighted by Crippen LogP contribution is 2.21. The lowest BCUT2D eigenvalue weighted by atomic mass is 9.97. The first-order valence-electron chi connectivity index (χ1n) is 7.58. The van der Waals surface area contributed by atoms with Gasteiger partial charge < -0.3 is 15.5 Å². The van der Waals surface area contributed by atoms with E-state index in [1.807, 2.05) is 7.05 Å². The number of amides is 2. The van der Waals surface area contributed by atoms with Crippen molar-refractivity contribution in [3.8, 4) is 0 Å². The van der Waals surface area contributed by atoms with E-state index in [4.69, 9.17) is 0 Å². The minimum Gasteiger partial charge on any atom is -0.348 e. The van der Waals surface area contributed by atoms with Gasteiger partial charge in [0.2, 0.25) is 5.82 Å². The van der Waals surface area contributed by atoms with E-state index < -0.39 is 28.2 Å². The third-order valence-corrected chi connectivity index (χ3v) is 4.00. The van der Waals surface area contributed by atoms with Crippen molar-refractivity contribution < 1.29 is 18.9 Å². The summed E-state index contributed by atoms with van der Waals surface area (Å²) in [4.78, 5) is 35.6. The molecule has 1 fully saturated rings. The molecular formula is C15H19FN4O4. The highest BCUT2D eigenvalue weighted by molar-refractivity contribution is 6.39. The number of nitro groups is 1. The number of carbonyl (C=O) groups excluding carboxylic acids is 2. The van der Waals surface area contributed by atoms with Crippen LogP contribution in [-0.2, 0) is 9.59 Å². The molecule has 1 aliphatic rings. The molecule has 0 saturated carbocycles. The summed E-state index contributed by atoms with van der Waals surface area (Å²) in [5.41, 5.74) is -0.776. The molecule has 2 N–H and O–H groups in total. The number of hydrogen-bond donors (Lipinski definition) is 2. The zero-order valence-electron chi connectivity index (χ0n) is 13.3. The van der Waals surface area contributed by atoms with Gasteiger partial charge in [-0.15, -0.1) is 0 Å². The highest BCUT2D eigenvalue weighted by atomic mass is 19.1. The van der Waals surface area contributed by atoms with E-state index in [1.165, 1.54) is 0 Å². The molecule has 0 aliphatic carbocycles. The first kappa shape index (κ1) is 17.8. The summed E-state index contributed by atoms with van der Waals surface area (Å²) in [6.07, 6.45) is 1.89. The van der Waals surface area contributed by atoms with Gasteiger partial charge in [0.15, 0.2) is 0 Å². The lowest BCUT2D eigenvalue weighted by molar-refractivity contribution is -0.387. The number of piperidine rings is 1. The van der Waals surface area contributed by atoms with Crippen molar-refractivity contribution in [2.45, 2.75) is 12.8 Å². The van der Waals surface area contributed by atoms with E-state index >= 15 is 0 Å². The van der Waals surface area contributed by atoms with Gasteiger partial charge in [-0.3, -0.25) is 19.7 Å². The number of nitrogens with zero attached hydrogens (tertiary/aromatic N) is 2. The van der Waals surface area contributed by atoms with Gasteiger partial charge in [0.1, 0.15) is 0 Å². The molecule has 9 heteroatoms. The number of rotatable bonds is 4. The normalized spacial score (nSPS) is 15.8. The molecule has 2 amide bonds. The fourth-order valence-corrected chi connectivity index (χ4v) is 2.50. The predicted molar refractivity (Wildman–Crippen MR) is 84.9 cm³/mol. The minimum atomic E-state index is -1.01. The van der Waals surface area contributed by atoms with Crippen molar-refractivity contribution in [1.29, 1.82) is 0 Å². The van der Waals surface area contributed by atoms with Gasteiger partial charge in [-0.1, -0.05) is 0 Å². The molecule has 1 heterocycles. The zero-order chi connectivity index (χ0) is 17.7. The molecule has 0 unspecified atom stereocenters. The van der Waals surface area contributed by atoms with Crippen LogP contribution in [0.3, 0.4) is 0 Å². The lowest BCUT2D eigenvalue weighted by Crippen LogP contribution is -2.41. The van der Waals surface area contributed by atoms with Crippen molar-refractivity contribution in [3.05, 3.63) is 34.1 Å². The number of hydrogen-bond acceptors (Lipinski definition) is 5. The van der Waals surface area contributed by atoms with Gasteiger partial charge in [-0.05, 0) is 51.0 Å². The molecule has 8 nitrogen and oxygen atoms in total. The Morgan fingerprint density at radius 1 is 1.33 bits per heavy atom. The first-order valence-corrected chi connectivity index (χ1v) is 7.58. The lowest BCUT2D eigenvalue weighted by Gasteiger charge is -2.28. The van der Waals surface area contributed by atoms with Crippen LogP contribution in [-0.4, -0.2) is 48.3 Å². The summed E-state index contributed by atoms with van der Waals surface area (Å²) in [5, 5.41) is 15.5. The van der Waals surface area contributed by atoms with Crippen LogP contribution in [0.15, 0.2) is 18.2 Å². The zero-order valence-corrected chi connectivity index (χ0v) is 13.3. The van der Waals surface area contributed by atoms with Crippen molar-refractivity contribution in [1.82, 2.24) is 10.2 Å². The van der Waals surface area contributed by atoms with Crippen LogP contribution in [0.5, 0.6) is 0 Å². The maximum absolute atomic E-state index is 13.2. The molecule has 1 aliphatic heterocycles. The topological polar surface area (TPSA) is 105 Å². The van der Waals surface area contributed by atoms with Crippen LogP contribution in [0, 0.1) is 21.8 Å². The van der Waals surface area contributed by atoms with Crippen molar-refractivity contribution in [2.24, 2.45) is 5.92 Å². The van der Waals surface area contributed by atoms with Crippen LogP contribution in [0.2, 0.25) is 0 Å². The fourth-order valence-electron chi connectivity index (χ4n) is 2.50. The molecule has 0 radical (unpaired) electrons. The minimum absolute atomic E-state index is 0.0115. The second-order valence-electron chi connectivity index (χ2n) is 5.83. The monoisotopic (exact) mass is 338 g/mol. The Morgan fingerprint density at radius 3 is 2.62 bits per heavy atom. The standard InChI is InChI=1S/C15H19FN4O4/c1-19-6-4-10(5-7-19)9-17-14(21)15(22)18-11-2-3-12(16)13(8-11)20(23)24/h2-3,8,10H,4-7,9H2,1H3,(H,17,21)(H,18,22). The second kappa shape index (κ2) is 7.82. The van der Waals surface area contributed by atoms with Gasteiger partial charge >= 0.3 is 17.5 Å². The third-order valence-electron chi connectivity index (χ3n) is 4.00. The molecule has 24 heavy (non-hydrogen) atoms. The Morgan fingerprint density at radius 2 is 2.00 bits per heavy atom. The molecule has 0 spiro atoms. The van der Waals surface area contributed by atoms with Crippen molar-refractivity contribution in [2.75, 3.05) is 32.0 Å². The molecule has 0 atom stereocenters. The molecule has 0 aromatic heterocycles. The van der Waals surface area contributed by atoms with Crippen LogP contribution < -0.4 is 10.6 Å². The number of carbonyl (C=O) groups is 2. The largest absolute Gasteiger partial charge is 0.348 e. The number of benzene rings is 1. The Balaban J connectivity index is 1.86. The predicted octanol–water partition coefficient (Wildman–Crippen LogP) is 1.13. The van der Waals surface area contributed by atoms with Gasteiger partial charge in [0.25, 0.3) is 0 Å². The highest BCUT2D eigenvalue weighted by Gasteiger charge is 2.21. The number of nitro benzene ring substituents is 1.